The van der Waals surface area contributed by atoms with Crippen molar-refractivity contribution in [1.82, 2.24) is 5.32 Å². The lowest BCUT2D eigenvalue weighted by Crippen LogP contribution is -2.47. The highest BCUT2D eigenvalue weighted by molar-refractivity contribution is 6.00. The Labute approximate surface area is 154 Å². The first-order valence-electron chi connectivity index (χ1n) is 8.10. The number of anilines is 1. The molecule has 0 aliphatic heterocycles. The predicted octanol–water partition coefficient (Wildman–Crippen LogP) is 3.28. The molecule has 0 saturated carbocycles. The van der Waals surface area contributed by atoms with Crippen molar-refractivity contribution in [2.24, 2.45) is 5.92 Å². The number of hydrogen-bond donors (Lipinski definition) is 2. The van der Waals surface area contributed by atoms with Crippen molar-refractivity contribution in [3.63, 3.8) is 0 Å². The molecule has 0 radical (unpaired) electrons. The highest BCUT2D eigenvalue weighted by Crippen LogP contribution is 2.31. The van der Waals surface area contributed by atoms with E-state index < -0.39 is 24.5 Å². The topological polar surface area (TPSA) is 89.8 Å². The van der Waals surface area contributed by atoms with Gasteiger partial charge in [0.15, 0.2) is 17.3 Å². The molecule has 1 atom stereocenters. The molecular weight excluding hydrogens is 362 g/mol. The molecule has 0 aliphatic carbocycles. The molecule has 2 rings (SSSR count). The summed E-state index contributed by atoms with van der Waals surface area (Å²) in [5.74, 6) is -1.33. The molecule has 0 fully saturated rings. The number of ether oxygens (including phenoxy) is 2. The first-order valence-corrected chi connectivity index (χ1v) is 8.10. The summed E-state index contributed by atoms with van der Waals surface area (Å²) in [6.07, 6.45) is 1.35. The van der Waals surface area contributed by atoms with Gasteiger partial charge in [0.05, 0.1) is 13.4 Å². The number of alkyl halides is 2. The molecule has 0 spiro atoms. The molecule has 0 bridgehead atoms. The summed E-state index contributed by atoms with van der Waals surface area (Å²) in [5, 5.41) is 5.16. The van der Waals surface area contributed by atoms with E-state index in [2.05, 4.69) is 15.4 Å². The minimum atomic E-state index is -3.04. The number of carbonyl (C=O) groups is 2. The van der Waals surface area contributed by atoms with Crippen molar-refractivity contribution in [3.05, 3.63) is 42.4 Å². The molecule has 1 heterocycles. The van der Waals surface area contributed by atoms with E-state index in [0.29, 0.717) is 0 Å². The fourth-order valence-electron chi connectivity index (χ4n) is 2.32. The lowest BCUT2D eigenvalue weighted by molar-refractivity contribution is -0.118. The first kappa shape index (κ1) is 20.2. The quantitative estimate of drug-likeness (QED) is 0.731. The zero-order valence-corrected chi connectivity index (χ0v) is 15.0. The zero-order valence-electron chi connectivity index (χ0n) is 15.0. The van der Waals surface area contributed by atoms with Crippen LogP contribution in [0.2, 0.25) is 0 Å². The summed E-state index contributed by atoms with van der Waals surface area (Å²) < 4.78 is 39.4. The fourth-order valence-corrected chi connectivity index (χ4v) is 2.32. The molecule has 146 valence electrons. The molecule has 0 saturated heterocycles. The maximum atomic E-state index is 12.6. The molecule has 1 aromatic carbocycles. The van der Waals surface area contributed by atoms with E-state index in [-0.39, 0.29) is 28.9 Å². The number of methoxy groups -OCH3 is 1. The Morgan fingerprint density at radius 3 is 2.44 bits per heavy atom. The third kappa shape index (κ3) is 5.44. The number of hydrogen-bond acceptors (Lipinski definition) is 5. The Morgan fingerprint density at radius 2 is 1.89 bits per heavy atom. The number of amides is 2. The minimum Gasteiger partial charge on any atom is -0.493 e. The van der Waals surface area contributed by atoms with Crippen LogP contribution in [0.3, 0.4) is 0 Å². The molecule has 2 amide bonds. The zero-order chi connectivity index (χ0) is 20.0. The molecule has 7 nitrogen and oxygen atoms in total. The van der Waals surface area contributed by atoms with Gasteiger partial charge in [0, 0.05) is 11.8 Å². The summed E-state index contributed by atoms with van der Waals surface area (Å²) in [6.45, 7) is 0.471. The molecule has 1 unspecified atom stereocenters. The standard InChI is InChI=1S/C18H20F2N2O5/c1-10(2)15(22-16(23)13-5-4-8-26-13)17(24)21-11-6-7-12(25-3)14(9-11)27-18(19)20/h4-10,15,18H,1-3H3,(H,21,24)(H,22,23). The average molecular weight is 382 g/mol. The van der Waals surface area contributed by atoms with Crippen molar-refractivity contribution in [2.75, 3.05) is 12.4 Å². The number of furan rings is 1. The van der Waals surface area contributed by atoms with Gasteiger partial charge in [-0.15, -0.1) is 0 Å². The number of nitrogens with one attached hydrogen (secondary N) is 2. The molecule has 2 N–H and O–H groups in total. The fraction of sp³-hybridized carbons (Fsp3) is 0.333. The van der Waals surface area contributed by atoms with Crippen molar-refractivity contribution in [2.45, 2.75) is 26.5 Å². The first-order chi connectivity index (χ1) is 12.8. The predicted molar refractivity (Wildman–Crippen MR) is 93.1 cm³/mol. The lowest BCUT2D eigenvalue weighted by atomic mass is 10.0. The summed E-state index contributed by atoms with van der Waals surface area (Å²) in [4.78, 5) is 24.7. The van der Waals surface area contributed by atoms with E-state index in [1.807, 2.05) is 0 Å². The Morgan fingerprint density at radius 1 is 1.15 bits per heavy atom. The molecule has 9 heteroatoms. The lowest BCUT2D eigenvalue weighted by Gasteiger charge is -2.21. The van der Waals surface area contributed by atoms with Crippen LogP contribution in [-0.2, 0) is 4.79 Å². The van der Waals surface area contributed by atoms with Crippen LogP contribution >= 0.6 is 0 Å². The molecule has 27 heavy (non-hydrogen) atoms. The summed E-state index contributed by atoms with van der Waals surface area (Å²) in [7, 11) is 1.31. The van der Waals surface area contributed by atoms with Gasteiger partial charge in [-0.2, -0.15) is 8.78 Å². The maximum Gasteiger partial charge on any atom is 0.387 e. The monoisotopic (exact) mass is 382 g/mol. The van der Waals surface area contributed by atoms with E-state index in [1.165, 1.54) is 37.6 Å². The van der Waals surface area contributed by atoms with Crippen molar-refractivity contribution in [1.29, 1.82) is 0 Å². The van der Waals surface area contributed by atoms with E-state index in [9.17, 15) is 18.4 Å². The molecule has 2 aromatic rings. The van der Waals surface area contributed by atoms with Crippen LogP contribution in [0, 0.1) is 5.92 Å². The van der Waals surface area contributed by atoms with Gasteiger partial charge < -0.3 is 24.5 Å². The normalized spacial score (nSPS) is 12.0. The van der Waals surface area contributed by atoms with Gasteiger partial charge in [-0.25, -0.2) is 0 Å². The Kier molecular flexibility index (Phi) is 6.75. The second kappa shape index (κ2) is 9.02. The van der Waals surface area contributed by atoms with Crippen LogP contribution in [0.1, 0.15) is 24.4 Å². The van der Waals surface area contributed by atoms with Crippen LogP contribution in [0.4, 0.5) is 14.5 Å². The van der Waals surface area contributed by atoms with Gasteiger partial charge in [-0.05, 0) is 30.2 Å². The number of carbonyl (C=O) groups excluding carboxylic acids is 2. The smallest absolute Gasteiger partial charge is 0.387 e. The Hall–Kier alpha value is -3.10. The largest absolute Gasteiger partial charge is 0.493 e. The third-order valence-electron chi connectivity index (χ3n) is 3.63. The average Bonchev–Trinajstić information content (AvgIpc) is 3.13. The van der Waals surface area contributed by atoms with E-state index in [1.54, 1.807) is 19.9 Å². The van der Waals surface area contributed by atoms with E-state index >= 15 is 0 Å². The van der Waals surface area contributed by atoms with E-state index in [4.69, 9.17) is 9.15 Å². The van der Waals surface area contributed by atoms with E-state index in [0.717, 1.165) is 0 Å². The van der Waals surface area contributed by atoms with Gasteiger partial charge >= 0.3 is 6.61 Å². The third-order valence-corrected chi connectivity index (χ3v) is 3.63. The van der Waals surface area contributed by atoms with Crippen molar-refractivity contribution in [3.8, 4) is 11.5 Å². The number of rotatable bonds is 8. The second-order valence-corrected chi connectivity index (χ2v) is 5.91. The van der Waals surface area contributed by atoms with Gasteiger partial charge in [0.2, 0.25) is 5.91 Å². The SMILES string of the molecule is COc1ccc(NC(=O)C(NC(=O)c2ccco2)C(C)C)cc1OC(F)F. The van der Waals surface area contributed by atoms with Crippen molar-refractivity contribution < 1.29 is 32.3 Å². The van der Waals surface area contributed by atoms with Crippen LogP contribution in [0.5, 0.6) is 11.5 Å². The molecule has 1 aromatic heterocycles. The highest BCUT2D eigenvalue weighted by Gasteiger charge is 2.26. The molecule has 0 aliphatic rings. The van der Waals surface area contributed by atoms with Crippen LogP contribution in [0.15, 0.2) is 41.0 Å². The maximum absolute atomic E-state index is 12.6. The van der Waals surface area contributed by atoms with Gasteiger partial charge in [-0.3, -0.25) is 9.59 Å². The highest BCUT2D eigenvalue weighted by atomic mass is 19.3. The minimum absolute atomic E-state index is 0.0746. The van der Waals surface area contributed by atoms with Crippen LogP contribution in [0.25, 0.3) is 0 Å². The second-order valence-electron chi connectivity index (χ2n) is 5.91. The molecular formula is C18H20F2N2O5. The number of halogens is 2. The summed E-state index contributed by atoms with van der Waals surface area (Å²) >= 11 is 0. The Bertz CT molecular complexity index is 778. The number of benzene rings is 1. The van der Waals surface area contributed by atoms with Gasteiger partial charge in [0.25, 0.3) is 5.91 Å². The van der Waals surface area contributed by atoms with Crippen LogP contribution < -0.4 is 20.1 Å². The summed E-state index contributed by atoms with van der Waals surface area (Å²) in [5.41, 5.74) is 0.217. The van der Waals surface area contributed by atoms with Gasteiger partial charge in [-0.1, -0.05) is 13.8 Å². The Balaban J connectivity index is 2.13. The van der Waals surface area contributed by atoms with Crippen LogP contribution in [-0.4, -0.2) is 31.6 Å². The summed E-state index contributed by atoms with van der Waals surface area (Å²) in [6, 6.07) is 6.24. The van der Waals surface area contributed by atoms with Gasteiger partial charge in [0.1, 0.15) is 6.04 Å². The van der Waals surface area contributed by atoms with Crippen molar-refractivity contribution >= 4 is 17.5 Å².